The van der Waals surface area contributed by atoms with E-state index in [9.17, 15) is 0 Å². The van der Waals surface area contributed by atoms with Crippen LogP contribution in [-0.4, -0.2) is 32.9 Å². The Kier molecular flexibility index (Phi) is 1.29. The van der Waals surface area contributed by atoms with Gasteiger partial charge in [-0.2, -0.15) is 0 Å². The fourth-order valence-electron chi connectivity index (χ4n) is 3.11. The van der Waals surface area contributed by atoms with Crippen LogP contribution in [0.25, 0.3) is 0 Å². The summed E-state index contributed by atoms with van der Waals surface area (Å²) >= 11 is 0. The summed E-state index contributed by atoms with van der Waals surface area (Å²) in [5.74, 6) is 0.988. The molecule has 0 aromatic heterocycles. The first-order valence-electron chi connectivity index (χ1n) is 4.64. The molecule has 1 heterocycles. The zero-order valence-corrected chi connectivity index (χ0v) is 8.15. The molecule has 1 saturated carbocycles. The third-order valence-electron chi connectivity index (χ3n) is 4.33. The van der Waals surface area contributed by atoms with Crippen LogP contribution in [0.5, 0.6) is 0 Å². The van der Waals surface area contributed by atoms with Crippen LogP contribution >= 0.6 is 0 Å². The molecule has 1 saturated heterocycles. The maximum atomic E-state index is 2.49. The van der Waals surface area contributed by atoms with Crippen LogP contribution in [-0.2, 0) is 0 Å². The van der Waals surface area contributed by atoms with Crippen LogP contribution in [0, 0.1) is 11.3 Å². The van der Waals surface area contributed by atoms with Gasteiger partial charge in [-0.05, 0) is 36.7 Å². The van der Waals surface area contributed by atoms with E-state index in [1.165, 1.54) is 19.5 Å². The van der Waals surface area contributed by atoms with Gasteiger partial charge in [-0.1, -0.05) is 13.8 Å². The first-order chi connectivity index (χ1) is 4.96. The van der Waals surface area contributed by atoms with Gasteiger partial charge in [0.25, 0.3) is 0 Å². The van der Waals surface area contributed by atoms with Crippen molar-refractivity contribution in [3.05, 3.63) is 0 Å². The lowest BCUT2D eigenvalue weighted by atomic mass is 9.38. The number of hydrogen-bond acceptors (Lipinski definition) is 1. The fraction of sp³-hybridized carbons (Fsp3) is 1.00. The van der Waals surface area contributed by atoms with E-state index in [2.05, 4.69) is 33.6 Å². The molecular weight excluding hydrogens is 133 g/mol. The zero-order chi connectivity index (χ0) is 8.28. The van der Waals surface area contributed by atoms with E-state index < -0.39 is 0 Å². The molecule has 62 valence electrons. The summed E-state index contributed by atoms with van der Waals surface area (Å²) in [6.07, 6.45) is 1.44. The third-order valence-corrected chi connectivity index (χ3v) is 4.33. The molecule has 0 spiro atoms. The predicted octanol–water partition coefficient (Wildman–Crippen LogP) is 0.770. The van der Waals surface area contributed by atoms with Gasteiger partial charge in [0.05, 0.1) is 0 Å². The molecule has 1 nitrogen and oxygen atoms in total. The summed E-state index contributed by atoms with van der Waals surface area (Å²) in [6, 6.07) is 0. The molecule has 2 aliphatic rings. The molecule has 0 bridgehead atoms. The van der Waals surface area contributed by atoms with Gasteiger partial charge in [-0.25, -0.2) is 0 Å². The van der Waals surface area contributed by atoms with Crippen molar-refractivity contribution in [3.8, 4) is 0 Å². The SMILES string of the molecule is BC12CN(C)CC1CC2(C)C. The second-order valence-electron chi connectivity index (χ2n) is 5.40. The Morgan fingerprint density at radius 3 is 2.45 bits per heavy atom. The second-order valence-corrected chi connectivity index (χ2v) is 5.40. The highest BCUT2D eigenvalue weighted by Gasteiger charge is 2.59. The molecule has 0 aromatic carbocycles. The maximum Gasteiger partial charge on any atom is 0.112 e. The van der Waals surface area contributed by atoms with Crippen LogP contribution in [0.15, 0.2) is 0 Å². The Hall–Kier alpha value is 0.0249. The molecule has 2 fully saturated rings. The van der Waals surface area contributed by atoms with Gasteiger partial charge in [0, 0.05) is 6.54 Å². The Balaban J connectivity index is 2.21. The van der Waals surface area contributed by atoms with Crippen molar-refractivity contribution in [1.82, 2.24) is 4.90 Å². The van der Waals surface area contributed by atoms with Crippen LogP contribution in [0.4, 0.5) is 0 Å². The normalized spacial score (nSPS) is 48.5. The molecular formula is C9H18BN. The molecule has 2 heteroatoms. The molecule has 0 radical (unpaired) electrons. The highest BCUT2D eigenvalue weighted by atomic mass is 15.1. The number of rotatable bonds is 0. The lowest BCUT2D eigenvalue weighted by molar-refractivity contribution is 0.0484. The van der Waals surface area contributed by atoms with E-state index >= 15 is 0 Å². The van der Waals surface area contributed by atoms with Gasteiger partial charge in [-0.15, -0.1) is 0 Å². The van der Waals surface area contributed by atoms with E-state index in [4.69, 9.17) is 0 Å². The van der Waals surface area contributed by atoms with Gasteiger partial charge in [0.1, 0.15) is 7.85 Å². The minimum Gasteiger partial charge on any atom is -0.306 e. The monoisotopic (exact) mass is 151 g/mol. The standard InChI is InChI=1S/C9H18BN/c1-8(2)4-7-5-11(3)6-9(7,8)10/h7H,4-6,10H2,1-3H3. The van der Waals surface area contributed by atoms with Crippen molar-refractivity contribution < 1.29 is 0 Å². The molecule has 11 heavy (non-hydrogen) atoms. The number of fused-ring (bicyclic) bond motifs is 1. The Morgan fingerprint density at radius 1 is 1.45 bits per heavy atom. The van der Waals surface area contributed by atoms with Crippen LogP contribution < -0.4 is 0 Å². The summed E-state index contributed by atoms with van der Waals surface area (Å²) in [7, 11) is 4.71. The highest BCUT2D eigenvalue weighted by Crippen LogP contribution is 2.66. The number of nitrogens with zero attached hydrogens (tertiary/aromatic N) is 1. The molecule has 0 amide bonds. The Morgan fingerprint density at radius 2 is 2.09 bits per heavy atom. The summed E-state index contributed by atoms with van der Waals surface area (Å²) in [6.45, 7) is 7.48. The summed E-state index contributed by atoms with van der Waals surface area (Å²) in [5.41, 5.74) is 0.600. The molecule has 1 aliphatic heterocycles. The van der Waals surface area contributed by atoms with Crippen molar-refractivity contribution >= 4 is 7.85 Å². The molecule has 2 atom stereocenters. The average Bonchev–Trinajstić information content (AvgIpc) is 2.06. The van der Waals surface area contributed by atoms with Gasteiger partial charge >= 0.3 is 0 Å². The van der Waals surface area contributed by atoms with E-state index in [0.29, 0.717) is 10.7 Å². The van der Waals surface area contributed by atoms with Crippen molar-refractivity contribution in [2.24, 2.45) is 11.3 Å². The highest BCUT2D eigenvalue weighted by molar-refractivity contribution is 6.17. The number of likely N-dealkylation sites (tertiary alicyclic amines) is 1. The van der Waals surface area contributed by atoms with Crippen molar-refractivity contribution in [2.75, 3.05) is 20.1 Å². The van der Waals surface area contributed by atoms with Crippen LogP contribution in [0.2, 0.25) is 5.31 Å². The summed E-state index contributed by atoms with van der Waals surface area (Å²) < 4.78 is 0. The lowest BCUT2D eigenvalue weighted by Gasteiger charge is -2.57. The molecule has 0 aromatic rings. The second kappa shape index (κ2) is 1.85. The summed E-state index contributed by atoms with van der Waals surface area (Å²) in [4.78, 5) is 2.49. The van der Waals surface area contributed by atoms with Crippen molar-refractivity contribution in [2.45, 2.75) is 25.6 Å². The van der Waals surface area contributed by atoms with E-state index in [1.807, 2.05) is 0 Å². The minimum atomic E-state index is 0.600. The fourth-order valence-corrected chi connectivity index (χ4v) is 3.11. The number of hydrogen-bond donors (Lipinski definition) is 0. The lowest BCUT2D eigenvalue weighted by Crippen LogP contribution is -2.49. The average molecular weight is 151 g/mol. The van der Waals surface area contributed by atoms with Gasteiger partial charge < -0.3 is 4.90 Å². The van der Waals surface area contributed by atoms with Gasteiger partial charge in [0.15, 0.2) is 0 Å². The predicted molar refractivity (Wildman–Crippen MR) is 50.6 cm³/mol. The van der Waals surface area contributed by atoms with Crippen LogP contribution in [0.1, 0.15) is 20.3 Å². The zero-order valence-electron chi connectivity index (χ0n) is 8.15. The Labute approximate surface area is 70.6 Å². The smallest absolute Gasteiger partial charge is 0.112 e. The molecule has 2 rings (SSSR count). The van der Waals surface area contributed by atoms with Crippen LogP contribution in [0.3, 0.4) is 0 Å². The first kappa shape index (κ1) is 7.66. The van der Waals surface area contributed by atoms with Gasteiger partial charge in [-0.3, -0.25) is 0 Å². The minimum absolute atomic E-state index is 0.600. The van der Waals surface area contributed by atoms with E-state index in [1.54, 1.807) is 0 Å². The van der Waals surface area contributed by atoms with E-state index in [0.717, 1.165) is 5.92 Å². The first-order valence-corrected chi connectivity index (χ1v) is 4.64. The quantitative estimate of drug-likeness (QED) is 0.462. The summed E-state index contributed by atoms with van der Waals surface area (Å²) in [5, 5.41) is 0.627. The third kappa shape index (κ3) is 0.766. The molecule has 1 aliphatic carbocycles. The van der Waals surface area contributed by atoms with Gasteiger partial charge in [0.2, 0.25) is 0 Å². The van der Waals surface area contributed by atoms with Crippen molar-refractivity contribution in [3.63, 3.8) is 0 Å². The largest absolute Gasteiger partial charge is 0.306 e. The van der Waals surface area contributed by atoms with E-state index in [-0.39, 0.29) is 0 Å². The molecule has 2 unspecified atom stereocenters. The molecule has 0 N–H and O–H groups in total. The maximum absolute atomic E-state index is 2.49. The Bertz CT molecular complexity index is 190. The topological polar surface area (TPSA) is 3.24 Å². The van der Waals surface area contributed by atoms with Crippen molar-refractivity contribution in [1.29, 1.82) is 0 Å².